The Bertz CT molecular complexity index is 497. The molecule has 0 heterocycles. The average molecular weight is 309 g/mol. The molecule has 110 valence electrons. The molecule has 0 bridgehead atoms. The van der Waals surface area contributed by atoms with Crippen LogP contribution in [0.25, 0.3) is 0 Å². The summed E-state index contributed by atoms with van der Waals surface area (Å²) in [5, 5.41) is 3.71. The van der Waals surface area contributed by atoms with Crippen molar-refractivity contribution in [3.63, 3.8) is 0 Å². The van der Waals surface area contributed by atoms with E-state index < -0.39 is 0 Å². The molecule has 0 saturated heterocycles. The number of anilines is 1. The van der Waals surface area contributed by atoms with Crippen LogP contribution in [0, 0.1) is 5.41 Å². The number of hydrogen-bond donors (Lipinski definition) is 2. The highest BCUT2D eigenvalue weighted by Crippen LogP contribution is 2.38. The molecule has 0 radical (unpaired) electrons. The highest BCUT2D eigenvalue weighted by Gasteiger charge is 2.32. The quantitative estimate of drug-likeness (QED) is 0.638. The van der Waals surface area contributed by atoms with Gasteiger partial charge in [-0.05, 0) is 36.6 Å². The smallest absolute Gasteiger partial charge is 0.107 e. The Morgan fingerprint density at radius 2 is 2.15 bits per heavy atom. The summed E-state index contributed by atoms with van der Waals surface area (Å²) in [6, 6.07) is 6.74. The summed E-state index contributed by atoms with van der Waals surface area (Å²) in [7, 11) is 0. The van der Waals surface area contributed by atoms with Crippen LogP contribution < -0.4 is 11.1 Å². The van der Waals surface area contributed by atoms with Crippen LogP contribution in [0.1, 0.15) is 45.1 Å². The molecule has 20 heavy (non-hydrogen) atoms. The minimum Gasteiger partial charge on any atom is -0.389 e. The van der Waals surface area contributed by atoms with Gasteiger partial charge in [-0.25, -0.2) is 0 Å². The maximum atomic E-state index is 5.94. The Morgan fingerprint density at radius 1 is 1.40 bits per heavy atom. The molecule has 0 aromatic heterocycles. The van der Waals surface area contributed by atoms with E-state index in [2.05, 4.69) is 43.6 Å². The fraction of sp³-hybridized carbons (Fsp3) is 0.562. The first-order chi connectivity index (χ1) is 9.45. The molecule has 0 aliphatic heterocycles. The minimum absolute atomic E-state index is 0.321. The third-order valence-corrected chi connectivity index (χ3v) is 5.31. The van der Waals surface area contributed by atoms with Gasteiger partial charge in [-0.2, -0.15) is 0 Å². The zero-order valence-corrected chi connectivity index (χ0v) is 14.2. The van der Waals surface area contributed by atoms with E-state index in [1.165, 1.54) is 25.7 Å². The fourth-order valence-corrected chi connectivity index (χ4v) is 3.95. The molecule has 1 fully saturated rings. The molecule has 1 aromatic rings. The number of benzene rings is 1. The van der Waals surface area contributed by atoms with Crippen molar-refractivity contribution >= 4 is 34.7 Å². The van der Waals surface area contributed by atoms with Crippen molar-refractivity contribution < 1.29 is 0 Å². The number of thiocarbonyl (C=S) groups is 1. The fourth-order valence-electron chi connectivity index (χ4n) is 3.02. The van der Waals surface area contributed by atoms with Gasteiger partial charge in [0.2, 0.25) is 0 Å². The molecule has 1 aliphatic rings. The zero-order chi connectivity index (χ0) is 14.8. The second-order valence-electron chi connectivity index (χ2n) is 6.18. The molecule has 2 rings (SSSR count). The van der Waals surface area contributed by atoms with Gasteiger partial charge in [0.25, 0.3) is 0 Å². The molecule has 3 N–H and O–H groups in total. The van der Waals surface area contributed by atoms with Gasteiger partial charge in [-0.1, -0.05) is 45.0 Å². The van der Waals surface area contributed by atoms with Crippen LogP contribution in [0.3, 0.4) is 0 Å². The van der Waals surface area contributed by atoms with Crippen molar-refractivity contribution in [1.29, 1.82) is 0 Å². The third kappa shape index (κ3) is 3.29. The lowest BCUT2D eigenvalue weighted by atomic mass is 9.73. The number of thioether (sulfide) groups is 1. The molecule has 1 aromatic carbocycles. The van der Waals surface area contributed by atoms with Crippen molar-refractivity contribution in [3.8, 4) is 0 Å². The molecule has 1 saturated carbocycles. The highest BCUT2D eigenvalue weighted by molar-refractivity contribution is 7.98. The lowest BCUT2D eigenvalue weighted by Gasteiger charge is -2.40. The molecular weight excluding hydrogens is 284 g/mol. The Labute approximate surface area is 131 Å². The van der Waals surface area contributed by atoms with E-state index in [9.17, 15) is 0 Å². The number of hydrogen-bond acceptors (Lipinski definition) is 3. The maximum absolute atomic E-state index is 5.94. The number of nitrogens with two attached hydrogens (primary N) is 1. The summed E-state index contributed by atoms with van der Waals surface area (Å²) >= 11 is 6.95. The summed E-state index contributed by atoms with van der Waals surface area (Å²) in [5.41, 5.74) is 8.35. The summed E-state index contributed by atoms with van der Waals surface area (Å²) in [4.78, 5) is 1.63. The van der Waals surface area contributed by atoms with Crippen LogP contribution >= 0.6 is 24.0 Å². The molecule has 0 amide bonds. The van der Waals surface area contributed by atoms with Crippen molar-refractivity contribution in [1.82, 2.24) is 0 Å². The van der Waals surface area contributed by atoms with Gasteiger partial charge in [0.05, 0.1) is 0 Å². The first kappa shape index (κ1) is 15.6. The van der Waals surface area contributed by atoms with Crippen molar-refractivity contribution in [2.45, 2.75) is 50.5 Å². The van der Waals surface area contributed by atoms with Gasteiger partial charge in [0.15, 0.2) is 0 Å². The standard InChI is InChI=1S/C16H24N2S2/c1-16(2)10-5-4-9-13(16)18-11-7-6-8-12(20-3)14(11)15(17)19/h6-8,13,18H,4-5,9-10H2,1-3H3,(H2,17,19). The average Bonchev–Trinajstić information content (AvgIpc) is 2.40. The Kier molecular flexibility index (Phi) is 4.97. The van der Waals surface area contributed by atoms with Gasteiger partial charge in [-0.3, -0.25) is 0 Å². The van der Waals surface area contributed by atoms with Crippen molar-refractivity contribution in [2.24, 2.45) is 11.1 Å². The van der Waals surface area contributed by atoms with E-state index in [0.29, 0.717) is 16.4 Å². The van der Waals surface area contributed by atoms with E-state index in [1.807, 2.05) is 0 Å². The van der Waals surface area contributed by atoms with Crippen LogP contribution in [0.5, 0.6) is 0 Å². The Balaban J connectivity index is 2.31. The van der Waals surface area contributed by atoms with E-state index >= 15 is 0 Å². The van der Waals surface area contributed by atoms with Crippen LogP contribution in [-0.4, -0.2) is 17.3 Å². The topological polar surface area (TPSA) is 38.0 Å². The zero-order valence-electron chi connectivity index (χ0n) is 12.5. The van der Waals surface area contributed by atoms with Crippen molar-refractivity contribution in [3.05, 3.63) is 23.8 Å². The molecule has 4 heteroatoms. The predicted molar refractivity (Wildman–Crippen MR) is 93.8 cm³/mol. The van der Waals surface area contributed by atoms with Gasteiger partial charge >= 0.3 is 0 Å². The summed E-state index contributed by atoms with van der Waals surface area (Å²) in [5.74, 6) is 0. The van der Waals surface area contributed by atoms with E-state index in [4.69, 9.17) is 18.0 Å². The predicted octanol–water partition coefficient (Wildman–Crippen LogP) is 4.42. The Morgan fingerprint density at radius 3 is 2.75 bits per heavy atom. The van der Waals surface area contributed by atoms with Gasteiger partial charge in [-0.15, -0.1) is 11.8 Å². The van der Waals surface area contributed by atoms with Gasteiger partial charge in [0, 0.05) is 22.2 Å². The van der Waals surface area contributed by atoms with Crippen LogP contribution in [0.4, 0.5) is 5.69 Å². The highest BCUT2D eigenvalue weighted by atomic mass is 32.2. The lowest BCUT2D eigenvalue weighted by molar-refractivity contribution is 0.217. The second-order valence-corrected chi connectivity index (χ2v) is 7.47. The summed E-state index contributed by atoms with van der Waals surface area (Å²) in [6.45, 7) is 4.70. The van der Waals surface area contributed by atoms with Crippen LogP contribution in [0.2, 0.25) is 0 Å². The summed E-state index contributed by atoms with van der Waals surface area (Å²) in [6.07, 6.45) is 7.18. The molecule has 1 aliphatic carbocycles. The SMILES string of the molecule is CSc1cccc(NC2CCCCC2(C)C)c1C(N)=S. The van der Waals surface area contributed by atoms with Gasteiger partial charge in [0.1, 0.15) is 4.99 Å². The Hall–Kier alpha value is -0.740. The van der Waals surface area contributed by atoms with E-state index in [-0.39, 0.29) is 0 Å². The summed E-state index contributed by atoms with van der Waals surface area (Å²) < 4.78 is 0. The normalized spacial score (nSPS) is 21.4. The molecular formula is C16H24N2S2. The molecule has 1 unspecified atom stereocenters. The van der Waals surface area contributed by atoms with Gasteiger partial charge < -0.3 is 11.1 Å². The maximum Gasteiger partial charge on any atom is 0.107 e. The largest absolute Gasteiger partial charge is 0.389 e. The molecule has 2 nitrogen and oxygen atoms in total. The minimum atomic E-state index is 0.321. The first-order valence-electron chi connectivity index (χ1n) is 7.19. The van der Waals surface area contributed by atoms with Crippen molar-refractivity contribution in [2.75, 3.05) is 11.6 Å². The first-order valence-corrected chi connectivity index (χ1v) is 8.82. The number of rotatable bonds is 4. The number of nitrogens with one attached hydrogen (secondary N) is 1. The third-order valence-electron chi connectivity index (χ3n) is 4.33. The van der Waals surface area contributed by atoms with E-state index in [0.717, 1.165) is 16.1 Å². The van der Waals surface area contributed by atoms with Crippen LogP contribution in [-0.2, 0) is 0 Å². The monoisotopic (exact) mass is 308 g/mol. The lowest BCUT2D eigenvalue weighted by Crippen LogP contribution is -2.39. The molecule has 0 spiro atoms. The molecule has 1 atom stereocenters. The van der Waals surface area contributed by atoms with Crippen LogP contribution in [0.15, 0.2) is 23.1 Å². The van der Waals surface area contributed by atoms with E-state index in [1.54, 1.807) is 11.8 Å². The second kappa shape index (κ2) is 6.35.